The molecule has 136 valence electrons. The third-order valence-corrected chi connectivity index (χ3v) is 3.61. The van der Waals surface area contributed by atoms with Gasteiger partial charge in [-0.1, -0.05) is 25.1 Å². The molecule has 0 saturated carbocycles. The van der Waals surface area contributed by atoms with Crippen LogP contribution in [-0.2, 0) is 16.0 Å². The smallest absolute Gasteiger partial charge is 0.401 e. The van der Waals surface area contributed by atoms with Crippen molar-refractivity contribution < 1.29 is 18.9 Å². The third-order valence-electron chi connectivity index (χ3n) is 3.61. The van der Waals surface area contributed by atoms with Gasteiger partial charge in [0.15, 0.2) is 0 Å². The van der Waals surface area contributed by atoms with Crippen LogP contribution in [-0.4, -0.2) is 35.2 Å². The number of amides is 2. The van der Waals surface area contributed by atoms with Gasteiger partial charge in [0.1, 0.15) is 10.7 Å². The molecule has 1 aromatic heterocycles. The number of aryl methyl sites for hydroxylation is 1. The van der Waals surface area contributed by atoms with E-state index in [0.717, 1.165) is 17.7 Å². The lowest BCUT2D eigenvalue weighted by Crippen LogP contribution is -2.34. The fourth-order valence-electron chi connectivity index (χ4n) is 2.24. The quantitative estimate of drug-likeness (QED) is 0.466. The van der Waals surface area contributed by atoms with E-state index in [1.54, 1.807) is 0 Å². The summed E-state index contributed by atoms with van der Waals surface area (Å²) in [5.74, 6) is -0.967. The van der Waals surface area contributed by atoms with E-state index in [-0.39, 0.29) is 18.2 Å². The summed E-state index contributed by atoms with van der Waals surface area (Å²) in [6.45, 7) is 1.87. The molecular weight excluding hydrogens is 338 g/mol. The van der Waals surface area contributed by atoms with Gasteiger partial charge < -0.3 is 14.6 Å². The Morgan fingerprint density at radius 1 is 1.27 bits per heavy atom. The average Bonchev–Trinajstić information content (AvgIpc) is 3.09. The molecule has 2 amide bonds. The van der Waals surface area contributed by atoms with Gasteiger partial charge in [-0.3, -0.25) is 19.7 Å². The van der Waals surface area contributed by atoms with Crippen molar-refractivity contribution in [2.24, 2.45) is 0 Å². The Balaban J connectivity index is 1.92. The molecule has 1 heterocycles. The van der Waals surface area contributed by atoms with Crippen LogP contribution in [0.15, 0.2) is 46.9 Å². The van der Waals surface area contributed by atoms with E-state index in [1.165, 1.54) is 36.2 Å². The molecule has 0 unspecified atom stereocenters. The van der Waals surface area contributed by atoms with Crippen molar-refractivity contribution in [1.82, 2.24) is 4.90 Å². The third kappa shape index (κ3) is 5.04. The zero-order chi connectivity index (χ0) is 19.1. The fraction of sp³-hybridized carbons (Fsp3) is 0.222. The maximum Gasteiger partial charge on any atom is 0.433 e. The summed E-state index contributed by atoms with van der Waals surface area (Å²) in [6.07, 6.45) is 3.29. The lowest BCUT2D eigenvalue weighted by atomic mass is 10.1. The van der Waals surface area contributed by atoms with Crippen LogP contribution in [0.4, 0.5) is 11.6 Å². The number of rotatable bonds is 7. The van der Waals surface area contributed by atoms with E-state index in [4.69, 9.17) is 4.42 Å². The summed E-state index contributed by atoms with van der Waals surface area (Å²) in [5, 5.41) is 13.3. The average molecular weight is 357 g/mol. The molecule has 0 aliphatic carbocycles. The van der Waals surface area contributed by atoms with Crippen LogP contribution in [0.3, 0.4) is 0 Å². The van der Waals surface area contributed by atoms with Crippen molar-refractivity contribution in [3.8, 4) is 0 Å². The number of hydrogen-bond donors (Lipinski definition) is 1. The van der Waals surface area contributed by atoms with Crippen LogP contribution in [0.5, 0.6) is 0 Å². The van der Waals surface area contributed by atoms with E-state index in [0.29, 0.717) is 0 Å². The highest BCUT2D eigenvalue weighted by Gasteiger charge is 2.13. The van der Waals surface area contributed by atoms with Crippen molar-refractivity contribution >= 4 is 29.5 Å². The van der Waals surface area contributed by atoms with Gasteiger partial charge in [-0.25, -0.2) is 0 Å². The number of nitrogens with one attached hydrogen (secondary N) is 1. The second-order valence-electron chi connectivity index (χ2n) is 5.52. The number of benzene rings is 1. The van der Waals surface area contributed by atoms with Crippen molar-refractivity contribution in [1.29, 1.82) is 0 Å². The number of nitro groups is 1. The minimum absolute atomic E-state index is 0.125. The summed E-state index contributed by atoms with van der Waals surface area (Å²) >= 11 is 0. The molecule has 2 aromatic rings. The molecule has 8 heteroatoms. The van der Waals surface area contributed by atoms with Crippen LogP contribution in [0.25, 0.3) is 6.08 Å². The van der Waals surface area contributed by atoms with Crippen molar-refractivity contribution in [2.45, 2.75) is 13.3 Å². The van der Waals surface area contributed by atoms with E-state index in [1.807, 2.05) is 31.2 Å². The molecule has 0 saturated heterocycles. The molecule has 0 radical (unpaired) electrons. The Labute approximate surface area is 150 Å². The Bertz CT molecular complexity index is 841. The summed E-state index contributed by atoms with van der Waals surface area (Å²) in [5.41, 5.74) is 1.73. The van der Waals surface area contributed by atoms with Gasteiger partial charge in [0.2, 0.25) is 11.8 Å². The Morgan fingerprint density at radius 2 is 2.00 bits per heavy atom. The molecule has 1 aromatic carbocycles. The zero-order valence-electron chi connectivity index (χ0n) is 14.5. The minimum atomic E-state index is -0.663. The van der Waals surface area contributed by atoms with E-state index in [9.17, 15) is 19.7 Å². The molecule has 1 N–H and O–H groups in total. The minimum Gasteiger partial charge on any atom is -0.401 e. The summed E-state index contributed by atoms with van der Waals surface area (Å²) in [7, 11) is 1.49. The monoisotopic (exact) mass is 357 g/mol. The van der Waals surface area contributed by atoms with Gasteiger partial charge in [-0.2, -0.15) is 0 Å². The van der Waals surface area contributed by atoms with Crippen LogP contribution < -0.4 is 5.32 Å². The normalized spacial score (nSPS) is 10.7. The number of likely N-dealkylation sites (N-methyl/N-ethyl adjacent to an activating group) is 1. The van der Waals surface area contributed by atoms with E-state index in [2.05, 4.69) is 5.32 Å². The topological polar surface area (TPSA) is 106 Å². The Morgan fingerprint density at radius 3 is 2.65 bits per heavy atom. The fourth-order valence-corrected chi connectivity index (χ4v) is 2.24. The van der Waals surface area contributed by atoms with Crippen LogP contribution >= 0.6 is 0 Å². The first-order valence-electron chi connectivity index (χ1n) is 7.96. The van der Waals surface area contributed by atoms with Crippen LogP contribution in [0.1, 0.15) is 18.2 Å². The molecular formula is C18H19N3O5. The lowest BCUT2D eigenvalue weighted by molar-refractivity contribution is -0.402. The van der Waals surface area contributed by atoms with E-state index < -0.39 is 16.7 Å². The number of carbonyl (C=O) groups excluding carboxylic acids is 2. The first-order chi connectivity index (χ1) is 12.4. The molecule has 0 atom stereocenters. The van der Waals surface area contributed by atoms with Gasteiger partial charge in [-0.15, -0.1) is 0 Å². The largest absolute Gasteiger partial charge is 0.433 e. The molecule has 8 nitrogen and oxygen atoms in total. The highest BCUT2D eigenvalue weighted by atomic mass is 16.6. The molecule has 0 bridgehead atoms. The number of para-hydroxylation sites is 1. The molecule has 0 aliphatic rings. The standard InChI is InChI=1S/C18H19N3O5/c1-3-13-6-4-5-7-15(13)19-16(22)12-20(2)17(23)10-8-14-9-11-18(26-14)21(24)25/h4-11H,3,12H2,1-2H3,(H,19,22)/b10-8+. The van der Waals surface area contributed by atoms with Crippen molar-refractivity contribution in [2.75, 3.05) is 18.9 Å². The van der Waals surface area contributed by atoms with Gasteiger partial charge in [0, 0.05) is 18.8 Å². The molecule has 26 heavy (non-hydrogen) atoms. The maximum atomic E-state index is 12.1. The second-order valence-corrected chi connectivity index (χ2v) is 5.52. The number of carbonyl (C=O) groups is 2. The summed E-state index contributed by atoms with van der Waals surface area (Å²) < 4.78 is 4.92. The highest BCUT2D eigenvalue weighted by Crippen LogP contribution is 2.17. The molecule has 0 aliphatic heterocycles. The SMILES string of the molecule is CCc1ccccc1NC(=O)CN(C)C(=O)/C=C/c1ccc([N+](=O)[O-])o1. The molecule has 0 fully saturated rings. The van der Waals surface area contributed by atoms with Gasteiger partial charge in [0.25, 0.3) is 0 Å². The maximum absolute atomic E-state index is 12.1. The van der Waals surface area contributed by atoms with Crippen molar-refractivity contribution in [3.63, 3.8) is 0 Å². The molecule has 2 rings (SSSR count). The van der Waals surface area contributed by atoms with Gasteiger partial charge in [-0.05, 0) is 30.2 Å². The van der Waals surface area contributed by atoms with Crippen LogP contribution in [0.2, 0.25) is 0 Å². The van der Waals surface area contributed by atoms with Gasteiger partial charge >= 0.3 is 5.88 Å². The Kier molecular flexibility index (Phi) is 6.26. The number of hydrogen-bond acceptors (Lipinski definition) is 5. The van der Waals surface area contributed by atoms with Crippen molar-refractivity contribution in [3.05, 3.63) is 63.9 Å². The van der Waals surface area contributed by atoms with E-state index >= 15 is 0 Å². The predicted octanol–water partition coefficient (Wildman–Crippen LogP) is 2.86. The Hall–Kier alpha value is -3.42. The first-order valence-corrected chi connectivity index (χ1v) is 7.96. The predicted molar refractivity (Wildman–Crippen MR) is 96.5 cm³/mol. The summed E-state index contributed by atoms with van der Waals surface area (Å²) in [6, 6.07) is 10.0. The second kappa shape index (κ2) is 8.61. The number of furan rings is 1. The summed E-state index contributed by atoms with van der Waals surface area (Å²) in [4.78, 5) is 35.3. The zero-order valence-corrected chi connectivity index (χ0v) is 14.5. The number of anilines is 1. The highest BCUT2D eigenvalue weighted by molar-refractivity contribution is 5.98. The molecule has 0 spiro atoms. The lowest BCUT2D eigenvalue weighted by Gasteiger charge is -2.16. The number of nitrogens with zero attached hydrogens (tertiary/aromatic N) is 2. The van der Waals surface area contributed by atoms with Gasteiger partial charge in [0.05, 0.1) is 12.6 Å². The first kappa shape index (κ1) is 18.9. The van der Waals surface area contributed by atoms with Crippen LogP contribution in [0, 0.1) is 10.1 Å².